The van der Waals surface area contributed by atoms with Crippen molar-refractivity contribution in [3.05, 3.63) is 182 Å². The van der Waals surface area contributed by atoms with Gasteiger partial charge in [-0.2, -0.15) is 0 Å². The van der Waals surface area contributed by atoms with E-state index >= 15 is 0 Å². The van der Waals surface area contributed by atoms with E-state index < -0.39 is 15.8 Å². The van der Waals surface area contributed by atoms with E-state index in [4.69, 9.17) is 0 Å². The summed E-state index contributed by atoms with van der Waals surface area (Å²) in [6, 6.07) is 51.3. The summed E-state index contributed by atoms with van der Waals surface area (Å²) >= 11 is 0. The molecule has 2 heterocycles. The zero-order valence-electron chi connectivity index (χ0n) is 25.8. The van der Waals surface area contributed by atoms with Crippen LogP contribution in [-0.4, -0.2) is 15.8 Å². The van der Waals surface area contributed by atoms with Crippen LogP contribution < -0.4 is 36.9 Å². The number of nitrogens with zero attached hydrogens (tertiary/aromatic N) is 2. The van der Waals surface area contributed by atoms with Crippen molar-refractivity contribution in [2.75, 3.05) is 0 Å². The average Bonchev–Trinajstić information content (AvgIpc) is 3.08. The van der Waals surface area contributed by atoms with Crippen molar-refractivity contribution in [1.29, 1.82) is 0 Å². The largest absolute Gasteiger partial charge is 0.876 e. The molecule has 0 atom stereocenters. The second kappa shape index (κ2) is 20.1. The maximum absolute atomic E-state index is 9.98. The van der Waals surface area contributed by atoms with Crippen LogP contribution in [0.15, 0.2) is 182 Å². The van der Waals surface area contributed by atoms with Crippen molar-refractivity contribution in [3.8, 4) is 0 Å². The topological polar surface area (TPSA) is 65.9 Å². The van der Waals surface area contributed by atoms with Gasteiger partial charge in [0.05, 0.1) is 12.4 Å². The van der Waals surface area contributed by atoms with E-state index in [0.717, 1.165) is 6.08 Å². The molecule has 0 amide bonds. The first-order valence-corrected chi connectivity index (χ1v) is 17.6. The van der Waals surface area contributed by atoms with Crippen LogP contribution in [-0.2, 0) is 24.3 Å². The number of aromatic nitrogens is 2. The maximum atomic E-state index is 9.98. The molecule has 0 N–H and O–H groups in total. The third-order valence-electron chi connectivity index (χ3n) is 6.56. The fourth-order valence-electron chi connectivity index (χ4n) is 4.73. The number of carbonyl (C=O) groups is 1. The smallest absolute Gasteiger partial charge is 0.151 e. The molecule has 0 fully saturated rings. The minimum Gasteiger partial charge on any atom is -0.876 e. The van der Waals surface area contributed by atoms with E-state index in [1.165, 1.54) is 45.7 Å². The van der Waals surface area contributed by atoms with Gasteiger partial charge in [-0.1, -0.05) is 79.7 Å². The first-order valence-electron chi connectivity index (χ1n) is 14.6. The number of pyridine rings is 2. The van der Waals surface area contributed by atoms with E-state index in [0.29, 0.717) is 0 Å². The summed E-state index contributed by atoms with van der Waals surface area (Å²) in [7, 11) is -1.88. The Balaban J connectivity index is 0.000000205. The Morgan fingerprint density at radius 3 is 0.978 bits per heavy atom. The summed E-state index contributed by atoms with van der Waals surface area (Å²) in [6.45, 7) is 2.70. The molecule has 7 heteroatoms. The normalized spacial score (nSPS) is 10.5. The van der Waals surface area contributed by atoms with Crippen LogP contribution >= 0.6 is 15.8 Å². The van der Waals surface area contributed by atoms with Crippen molar-refractivity contribution < 1.29 is 29.4 Å². The Hall–Kier alpha value is -4.13. The first-order chi connectivity index (χ1) is 22.0. The fourth-order valence-corrected chi connectivity index (χ4v) is 9.76. The third kappa shape index (κ3) is 11.7. The van der Waals surface area contributed by atoms with Crippen molar-refractivity contribution in [1.82, 2.24) is 9.97 Å². The fraction of sp³-hybridized carbons (Fsp3) is 0.0513. The van der Waals surface area contributed by atoms with Crippen LogP contribution in [0.2, 0.25) is 0 Å². The summed E-state index contributed by atoms with van der Waals surface area (Å²) in [5, 5.41) is 18.2. The van der Waals surface area contributed by atoms with E-state index in [9.17, 15) is 9.90 Å². The molecule has 46 heavy (non-hydrogen) atoms. The summed E-state index contributed by atoms with van der Waals surface area (Å²) in [5.41, 5.74) is 0. The van der Waals surface area contributed by atoms with Crippen LogP contribution in [0.4, 0.5) is 0 Å². The molecule has 2 aromatic heterocycles. The van der Waals surface area contributed by atoms with E-state index in [1.54, 1.807) is 0 Å². The molecule has 4 nitrogen and oxygen atoms in total. The molecule has 0 spiro atoms. The van der Waals surface area contributed by atoms with Gasteiger partial charge in [0, 0.05) is 31.9 Å². The summed E-state index contributed by atoms with van der Waals surface area (Å²) in [6.07, 6.45) is 8.71. The van der Waals surface area contributed by atoms with Gasteiger partial charge in [-0.05, 0) is 85.8 Å². The van der Waals surface area contributed by atoms with Crippen LogP contribution in [0.1, 0.15) is 13.8 Å². The minimum absolute atomic E-state index is 0. The van der Waals surface area contributed by atoms with E-state index in [2.05, 4.69) is 143 Å². The Bertz CT molecular complexity index is 1420. The zero-order valence-corrected chi connectivity index (χ0v) is 29.4. The predicted molar refractivity (Wildman–Crippen MR) is 193 cm³/mol. The SMILES string of the molecule is CC(=O)/C=C(/C)[O-].[Rh].c1ccc([PH+](c2ccccc2)c2cccnc2)cc1.c1ccc([PH+](c2ccccc2)c2cccnc2)cc1. The molecular weight excluding hydrogens is 693 g/mol. The molecular formula is C39H37N2O2P2Rh+. The van der Waals surface area contributed by atoms with Gasteiger partial charge in [0.15, 0.2) is 5.78 Å². The van der Waals surface area contributed by atoms with Gasteiger partial charge in [-0.15, -0.1) is 5.76 Å². The van der Waals surface area contributed by atoms with Crippen LogP contribution in [0.5, 0.6) is 0 Å². The van der Waals surface area contributed by atoms with Crippen molar-refractivity contribution in [3.63, 3.8) is 0 Å². The van der Waals surface area contributed by atoms with E-state index in [-0.39, 0.29) is 31.0 Å². The predicted octanol–water partition coefficient (Wildman–Crippen LogP) is 4.98. The second-order valence-electron chi connectivity index (χ2n) is 10.1. The monoisotopic (exact) mass is 730 g/mol. The van der Waals surface area contributed by atoms with Gasteiger partial charge in [-0.3, -0.25) is 14.8 Å². The first kappa shape index (κ1) is 36.3. The molecule has 233 valence electrons. The van der Waals surface area contributed by atoms with Gasteiger partial charge in [-0.25, -0.2) is 0 Å². The number of allylic oxidation sites excluding steroid dienone is 2. The Labute approximate surface area is 287 Å². The molecule has 0 saturated carbocycles. The average molecular weight is 731 g/mol. The standard InChI is InChI=1S/2C17H14NP.C5H8O2.Rh/c2*1-3-8-15(9-4-1)19(16-10-5-2-6-11-16)17-12-7-13-18-14-17;1-4(6)3-5(2)7;/h2*1-14H;3,6H,1-2H3;/p+1/b;;4-3-;. The van der Waals surface area contributed by atoms with Gasteiger partial charge in [0.2, 0.25) is 0 Å². The molecule has 0 bridgehead atoms. The molecule has 6 aromatic rings. The summed E-state index contributed by atoms with van der Waals surface area (Å²) < 4.78 is 0. The summed E-state index contributed by atoms with van der Waals surface area (Å²) in [4.78, 5) is 18.5. The molecule has 6 rings (SSSR count). The Morgan fingerprint density at radius 1 is 0.500 bits per heavy atom. The number of hydrogen-bond acceptors (Lipinski definition) is 4. The van der Waals surface area contributed by atoms with E-state index in [1.807, 2.05) is 36.9 Å². The maximum Gasteiger partial charge on any atom is 0.151 e. The van der Waals surface area contributed by atoms with Crippen LogP contribution in [0, 0.1) is 0 Å². The Kier molecular flexibility index (Phi) is 15.9. The quantitative estimate of drug-likeness (QED) is 0.101. The van der Waals surface area contributed by atoms with Crippen LogP contribution in [0.25, 0.3) is 0 Å². The zero-order chi connectivity index (χ0) is 31.7. The molecule has 0 saturated heterocycles. The minimum atomic E-state index is -0.940. The molecule has 0 unspecified atom stereocenters. The van der Waals surface area contributed by atoms with Crippen molar-refractivity contribution in [2.45, 2.75) is 13.8 Å². The number of benzene rings is 4. The van der Waals surface area contributed by atoms with Gasteiger partial charge >= 0.3 is 0 Å². The molecule has 0 aliphatic rings. The van der Waals surface area contributed by atoms with Crippen molar-refractivity contribution in [2.24, 2.45) is 0 Å². The second-order valence-corrected chi connectivity index (χ2v) is 15.0. The molecule has 0 aliphatic carbocycles. The number of ketones is 1. The van der Waals surface area contributed by atoms with Gasteiger partial charge in [0.1, 0.15) is 47.7 Å². The Morgan fingerprint density at radius 2 is 0.783 bits per heavy atom. The van der Waals surface area contributed by atoms with Crippen LogP contribution in [0.3, 0.4) is 0 Å². The molecule has 1 radical (unpaired) electrons. The third-order valence-corrected chi connectivity index (χ3v) is 11.9. The summed E-state index contributed by atoms with van der Waals surface area (Å²) in [5.74, 6) is -0.375. The number of hydrogen-bond donors (Lipinski definition) is 0. The van der Waals surface area contributed by atoms with Crippen molar-refractivity contribution >= 4 is 53.5 Å². The number of rotatable bonds is 7. The molecule has 4 aromatic carbocycles. The molecule has 0 aliphatic heterocycles. The van der Waals surface area contributed by atoms with Gasteiger partial charge < -0.3 is 5.11 Å². The van der Waals surface area contributed by atoms with Gasteiger partial charge in [0.25, 0.3) is 0 Å². The number of carbonyl (C=O) groups excluding carboxylic acids is 1.